The number of hydrogen-bond acceptors (Lipinski definition) is 5. The third-order valence-electron chi connectivity index (χ3n) is 3.41. The van der Waals surface area contributed by atoms with Crippen LogP contribution in [0.15, 0.2) is 34.9 Å². The first kappa shape index (κ1) is 18.4. The zero-order valence-corrected chi connectivity index (χ0v) is 14.7. The number of hydrogen-bond donors (Lipinski definition) is 1. The highest BCUT2D eigenvalue weighted by Gasteiger charge is 2.30. The van der Waals surface area contributed by atoms with Crippen molar-refractivity contribution in [3.63, 3.8) is 0 Å². The fourth-order valence-corrected chi connectivity index (χ4v) is 3.40. The Morgan fingerprint density at radius 1 is 1.54 bits per heavy atom. The van der Waals surface area contributed by atoms with Gasteiger partial charge in [-0.05, 0) is 24.1 Å². The van der Waals surface area contributed by atoms with Crippen molar-refractivity contribution in [2.24, 2.45) is 0 Å². The molecule has 126 valence electrons. The second kappa shape index (κ2) is 8.76. The molecule has 1 unspecified atom stereocenters. The first-order chi connectivity index (χ1) is 11.5. The number of nitrogens with zero attached hydrogens (tertiary/aromatic N) is 1. The number of thioether (sulfide) groups is 1. The van der Waals surface area contributed by atoms with Crippen molar-refractivity contribution in [3.8, 4) is 6.07 Å². The number of nitriles is 1. The molecule has 0 radical (unpaired) electrons. The summed E-state index contributed by atoms with van der Waals surface area (Å²) in [5.74, 6) is -0.881. The van der Waals surface area contributed by atoms with Gasteiger partial charge in [0.05, 0.1) is 29.0 Å². The van der Waals surface area contributed by atoms with E-state index in [1.807, 2.05) is 13.0 Å². The molecule has 0 aliphatic carbocycles. The fourth-order valence-electron chi connectivity index (χ4n) is 2.33. The van der Waals surface area contributed by atoms with Crippen LogP contribution in [0.3, 0.4) is 0 Å². The number of nitrogens with one attached hydrogen (secondary N) is 1. The number of allylic oxidation sites excluding steroid dienone is 1. The molecule has 1 atom stereocenters. The third-order valence-corrected chi connectivity index (χ3v) is 4.63. The smallest absolute Gasteiger partial charge is 0.316 e. The standard InChI is InChI=1S/C17H17ClN2O3S/c1-2-6-23-16(22)10-24-17-14(9-19)13(8-15(21)20-17)11-4-3-5-12(18)7-11/h3-5,7,13H,2,6,8,10H2,1H3,(H,20,21). The van der Waals surface area contributed by atoms with Gasteiger partial charge in [0.15, 0.2) is 0 Å². The van der Waals surface area contributed by atoms with Gasteiger partial charge in [-0.3, -0.25) is 9.59 Å². The third kappa shape index (κ3) is 4.76. The van der Waals surface area contributed by atoms with E-state index in [-0.39, 0.29) is 30.0 Å². The molecule has 0 saturated carbocycles. The van der Waals surface area contributed by atoms with Crippen LogP contribution in [-0.4, -0.2) is 24.2 Å². The predicted molar refractivity (Wildman–Crippen MR) is 93.3 cm³/mol. The lowest BCUT2D eigenvalue weighted by Gasteiger charge is -2.25. The summed E-state index contributed by atoms with van der Waals surface area (Å²) in [4.78, 5) is 23.6. The number of rotatable bonds is 6. The first-order valence-corrected chi connectivity index (χ1v) is 8.89. The van der Waals surface area contributed by atoms with E-state index in [0.29, 0.717) is 22.2 Å². The molecule has 1 aromatic carbocycles. The van der Waals surface area contributed by atoms with Gasteiger partial charge >= 0.3 is 5.97 Å². The predicted octanol–water partition coefficient (Wildman–Crippen LogP) is 3.37. The maximum absolute atomic E-state index is 12.0. The molecule has 0 spiro atoms. The van der Waals surface area contributed by atoms with Gasteiger partial charge in [0.2, 0.25) is 5.91 Å². The molecule has 1 heterocycles. The second-order valence-corrected chi connectivity index (χ2v) is 6.65. The number of amides is 1. The van der Waals surface area contributed by atoms with E-state index in [0.717, 1.165) is 23.7 Å². The van der Waals surface area contributed by atoms with E-state index in [1.54, 1.807) is 18.2 Å². The molecular formula is C17H17ClN2O3S. The van der Waals surface area contributed by atoms with Crippen molar-refractivity contribution in [2.45, 2.75) is 25.7 Å². The van der Waals surface area contributed by atoms with Crippen LogP contribution in [0.1, 0.15) is 31.2 Å². The highest BCUT2D eigenvalue weighted by Crippen LogP contribution is 2.36. The van der Waals surface area contributed by atoms with Crippen LogP contribution in [0, 0.1) is 11.3 Å². The number of benzene rings is 1. The average molecular weight is 365 g/mol. The van der Waals surface area contributed by atoms with Crippen LogP contribution in [0.25, 0.3) is 0 Å². The van der Waals surface area contributed by atoms with E-state index < -0.39 is 0 Å². The number of ether oxygens (including phenoxy) is 1. The van der Waals surface area contributed by atoms with E-state index >= 15 is 0 Å². The maximum Gasteiger partial charge on any atom is 0.316 e. The van der Waals surface area contributed by atoms with Crippen LogP contribution in [0.2, 0.25) is 5.02 Å². The lowest BCUT2D eigenvalue weighted by Crippen LogP contribution is -2.31. The van der Waals surface area contributed by atoms with Crippen molar-refractivity contribution in [3.05, 3.63) is 45.5 Å². The van der Waals surface area contributed by atoms with Gasteiger partial charge in [-0.2, -0.15) is 5.26 Å². The highest BCUT2D eigenvalue weighted by atomic mass is 35.5. The lowest BCUT2D eigenvalue weighted by molar-refractivity contribution is -0.140. The molecule has 1 aliphatic rings. The van der Waals surface area contributed by atoms with Gasteiger partial charge in [0, 0.05) is 17.4 Å². The van der Waals surface area contributed by atoms with Gasteiger partial charge in [0.1, 0.15) is 0 Å². The summed E-state index contributed by atoms with van der Waals surface area (Å²) in [6.07, 6.45) is 0.920. The Morgan fingerprint density at radius 2 is 2.33 bits per heavy atom. The Morgan fingerprint density at radius 3 is 3.00 bits per heavy atom. The first-order valence-electron chi connectivity index (χ1n) is 7.53. The summed E-state index contributed by atoms with van der Waals surface area (Å²) < 4.78 is 5.01. The maximum atomic E-state index is 12.0. The quantitative estimate of drug-likeness (QED) is 0.783. The summed E-state index contributed by atoms with van der Waals surface area (Å²) in [7, 11) is 0. The topological polar surface area (TPSA) is 79.2 Å². The van der Waals surface area contributed by atoms with Gasteiger partial charge in [-0.25, -0.2) is 0 Å². The summed E-state index contributed by atoms with van der Waals surface area (Å²) in [6.45, 7) is 2.27. The number of carbonyl (C=O) groups is 2. The molecule has 1 N–H and O–H groups in total. The summed E-state index contributed by atoms with van der Waals surface area (Å²) in [5.41, 5.74) is 1.24. The molecule has 2 rings (SSSR count). The molecule has 0 aromatic heterocycles. The Kier molecular flexibility index (Phi) is 6.71. The van der Waals surface area contributed by atoms with Crippen molar-refractivity contribution >= 4 is 35.2 Å². The molecule has 0 bridgehead atoms. The van der Waals surface area contributed by atoms with E-state index in [2.05, 4.69) is 11.4 Å². The van der Waals surface area contributed by atoms with Crippen LogP contribution in [0.5, 0.6) is 0 Å². The van der Waals surface area contributed by atoms with E-state index in [1.165, 1.54) is 0 Å². The average Bonchev–Trinajstić information content (AvgIpc) is 2.57. The fraction of sp³-hybridized carbons (Fsp3) is 0.353. The van der Waals surface area contributed by atoms with E-state index in [9.17, 15) is 14.9 Å². The molecule has 1 aliphatic heterocycles. The molecule has 0 fully saturated rings. The number of carbonyl (C=O) groups excluding carboxylic acids is 2. The Hall–Kier alpha value is -1.97. The monoisotopic (exact) mass is 364 g/mol. The minimum Gasteiger partial charge on any atom is -0.465 e. The van der Waals surface area contributed by atoms with Gasteiger partial charge in [-0.15, -0.1) is 0 Å². The van der Waals surface area contributed by atoms with Crippen molar-refractivity contribution in [1.82, 2.24) is 5.32 Å². The van der Waals surface area contributed by atoms with Crippen LogP contribution >= 0.6 is 23.4 Å². The Bertz CT molecular complexity index is 712. The zero-order valence-electron chi connectivity index (χ0n) is 13.2. The minimum atomic E-state index is -0.370. The SMILES string of the molecule is CCCOC(=O)CSC1=C(C#N)C(c2cccc(Cl)c2)CC(=O)N1. The Labute approximate surface area is 150 Å². The number of esters is 1. The molecule has 1 aromatic rings. The largest absolute Gasteiger partial charge is 0.465 e. The number of halogens is 1. The van der Waals surface area contributed by atoms with Crippen molar-refractivity contribution < 1.29 is 14.3 Å². The van der Waals surface area contributed by atoms with Crippen molar-refractivity contribution in [2.75, 3.05) is 12.4 Å². The van der Waals surface area contributed by atoms with Crippen molar-refractivity contribution in [1.29, 1.82) is 5.26 Å². The Balaban J connectivity index is 2.21. The molecule has 7 heteroatoms. The molecular weight excluding hydrogens is 348 g/mol. The minimum absolute atomic E-state index is 0.0447. The molecule has 5 nitrogen and oxygen atoms in total. The van der Waals surface area contributed by atoms with Gasteiger partial charge in [-0.1, -0.05) is 42.4 Å². The molecule has 1 amide bonds. The summed E-state index contributed by atoms with van der Waals surface area (Å²) >= 11 is 7.13. The molecule has 0 saturated heterocycles. The van der Waals surface area contributed by atoms with Crippen LogP contribution in [0.4, 0.5) is 0 Å². The summed E-state index contributed by atoms with van der Waals surface area (Å²) in [6, 6.07) is 9.27. The normalized spacial score (nSPS) is 17.2. The van der Waals surface area contributed by atoms with Crippen LogP contribution in [-0.2, 0) is 14.3 Å². The van der Waals surface area contributed by atoms with E-state index in [4.69, 9.17) is 16.3 Å². The highest BCUT2D eigenvalue weighted by molar-refractivity contribution is 8.03. The van der Waals surface area contributed by atoms with Crippen LogP contribution < -0.4 is 5.32 Å². The second-order valence-electron chi connectivity index (χ2n) is 5.22. The zero-order chi connectivity index (χ0) is 17.5. The van der Waals surface area contributed by atoms with Gasteiger partial charge < -0.3 is 10.1 Å². The summed E-state index contributed by atoms with van der Waals surface area (Å²) in [5, 5.41) is 13.2. The van der Waals surface area contributed by atoms with Gasteiger partial charge in [0.25, 0.3) is 0 Å². The lowest BCUT2D eigenvalue weighted by atomic mass is 9.87. The molecule has 24 heavy (non-hydrogen) atoms.